The molecule has 0 bridgehead atoms. The third kappa shape index (κ3) is 7.10. The number of fused-ring (bicyclic) bond motifs is 1. The van der Waals surface area contributed by atoms with Gasteiger partial charge in [0.05, 0.1) is 30.3 Å². The first-order chi connectivity index (χ1) is 22.9. The molecular weight excluding hydrogens is 659 g/mol. The molecule has 1 amide bonds. The molecule has 2 heterocycles. The number of carbonyl (C=O) groups is 2. The van der Waals surface area contributed by atoms with Crippen molar-refractivity contribution in [3.8, 4) is 28.0 Å². The van der Waals surface area contributed by atoms with Gasteiger partial charge in [0.2, 0.25) is 0 Å². The summed E-state index contributed by atoms with van der Waals surface area (Å²) in [5.74, 6) is -1.94. The number of nitrogens with zero attached hydrogens (tertiary/aromatic N) is 1. The minimum atomic E-state index is -4.77. The zero-order chi connectivity index (χ0) is 36.0. The highest BCUT2D eigenvalue weighted by molar-refractivity contribution is 5.89. The Kier molecular flexibility index (Phi) is 9.24. The Morgan fingerprint density at radius 1 is 0.980 bits per heavy atom. The molecule has 1 fully saturated rings. The van der Waals surface area contributed by atoms with Gasteiger partial charge in [-0.05, 0) is 72.0 Å². The number of aromatic carboxylic acids is 1. The number of ether oxygens (including phenoxy) is 2. The summed E-state index contributed by atoms with van der Waals surface area (Å²) < 4.78 is 107. The van der Waals surface area contributed by atoms with Gasteiger partial charge in [-0.15, -0.1) is 0 Å². The lowest BCUT2D eigenvalue weighted by atomic mass is 9.89. The van der Waals surface area contributed by atoms with Crippen LogP contribution in [0.1, 0.15) is 40.0 Å². The molecule has 0 spiro atoms. The van der Waals surface area contributed by atoms with E-state index in [0.29, 0.717) is 11.1 Å². The number of rotatable bonds is 8. The molecule has 0 saturated carbocycles. The first-order valence-corrected chi connectivity index (χ1v) is 14.6. The maximum Gasteiger partial charge on any atom is 0.416 e. The van der Waals surface area contributed by atoms with Crippen molar-refractivity contribution in [1.29, 1.82) is 0 Å². The predicted molar refractivity (Wildman–Crippen MR) is 166 cm³/mol. The zero-order valence-corrected chi connectivity index (χ0v) is 26.1. The molecule has 3 atom stereocenters. The number of carboxylic acid groups (broad SMARTS) is 1. The Balaban J connectivity index is 1.60. The molecule has 256 valence electrons. The number of hydrogen-bond donors (Lipinski definition) is 1. The van der Waals surface area contributed by atoms with Gasteiger partial charge in [-0.3, -0.25) is 4.90 Å². The summed E-state index contributed by atoms with van der Waals surface area (Å²) >= 11 is 0. The molecule has 13 heteroatoms. The van der Waals surface area contributed by atoms with Crippen molar-refractivity contribution in [2.45, 2.75) is 44.4 Å². The summed E-state index contributed by atoms with van der Waals surface area (Å²) in [5.41, 5.74) is 0.426. The van der Waals surface area contributed by atoms with E-state index < -0.39 is 54.0 Å². The van der Waals surface area contributed by atoms with Gasteiger partial charge >= 0.3 is 24.4 Å². The van der Waals surface area contributed by atoms with E-state index in [9.17, 15) is 41.0 Å². The van der Waals surface area contributed by atoms with Gasteiger partial charge in [0, 0.05) is 23.3 Å². The van der Waals surface area contributed by atoms with E-state index in [0.717, 1.165) is 24.3 Å². The molecule has 0 radical (unpaired) electrons. The topological polar surface area (TPSA) is 76.1 Å². The van der Waals surface area contributed by atoms with Crippen LogP contribution < -0.4 is 4.74 Å². The van der Waals surface area contributed by atoms with Gasteiger partial charge < -0.3 is 14.6 Å². The van der Waals surface area contributed by atoms with Crippen LogP contribution in [0.25, 0.3) is 22.3 Å². The minimum absolute atomic E-state index is 0.00502. The average molecular weight is 688 g/mol. The number of halogens is 7. The highest BCUT2D eigenvalue weighted by atomic mass is 19.4. The standard InChI is InChI=1S/C36H28F7NO5/c1-18(11-12-35(38,39)40)13-20(3)32-30-10-9-29(44(30)34(47)49-32)26-15-22(36(41,42)43)6-8-24(26)27-16-25(28(37)17-31(27)48-4)23-7-5-21(33(45)46)14-19(23)2/h5-17,29-30,32H,3H2,1-2,4H3,(H,45,46). The van der Waals surface area contributed by atoms with E-state index in [-0.39, 0.29) is 50.8 Å². The van der Waals surface area contributed by atoms with Gasteiger partial charge in [-0.25, -0.2) is 14.0 Å². The van der Waals surface area contributed by atoms with Crippen molar-refractivity contribution in [3.63, 3.8) is 0 Å². The summed E-state index contributed by atoms with van der Waals surface area (Å²) in [6.07, 6.45) is -6.03. The number of cyclic esters (lactones) is 1. The Morgan fingerprint density at radius 2 is 1.67 bits per heavy atom. The van der Waals surface area contributed by atoms with Crippen LogP contribution >= 0.6 is 0 Å². The Morgan fingerprint density at radius 3 is 2.29 bits per heavy atom. The quantitative estimate of drug-likeness (QED) is 0.145. The van der Waals surface area contributed by atoms with Crippen LogP contribution in [-0.4, -0.2) is 47.5 Å². The van der Waals surface area contributed by atoms with Crippen molar-refractivity contribution in [2.24, 2.45) is 0 Å². The molecule has 5 rings (SSSR count). The summed E-state index contributed by atoms with van der Waals surface area (Å²) in [5, 5.41) is 9.36. The summed E-state index contributed by atoms with van der Waals surface area (Å²) in [6.45, 7) is 6.84. The van der Waals surface area contributed by atoms with E-state index in [1.165, 1.54) is 61.4 Å². The Hall–Kier alpha value is -5.33. The smallest absolute Gasteiger partial charge is 0.416 e. The fourth-order valence-electron chi connectivity index (χ4n) is 5.98. The Bertz CT molecular complexity index is 1940. The highest BCUT2D eigenvalue weighted by Gasteiger charge is 2.48. The van der Waals surface area contributed by atoms with E-state index in [2.05, 4.69) is 6.58 Å². The van der Waals surface area contributed by atoms with Crippen LogP contribution in [-0.2, 0) is 10.9 Å². The largest absolute Gasteiger partial charge is 0.496 e. The predicted octanol–water partition coefficient (Wildman–Crippen LogP) is 9.62. The molecular formula is C36H28F7NO5. The molecule has 6 nitrogen and oxygen atoms in total. The number of benzene rings is 3. The van der Waals surface area contributed by atoms with E-state index in [1.807, 2.05) is 0 Å². The first kappa shape index (κ1) is 35.0. The number of hydrogen-bond acceptors (Lipinski definition) is 4. The lowest BCUT2D eigenvalue weighted by Gasteiger charge is -2.26. The summed E-state index contributed by atoms with van der Waals surface area (Å²) in [4.78, 5) is 25.9. The SMILES string of the molecule is C=C(C=C(C)C=CC(F)(F)F)C1OC(=O)N2C(c3cc(C(F)(F)F)ccc3-c3cc(-c4ccc(C(=O)O)cc4C)c(F)cc3OC)C=CC12. The second kappa shape index (κ2) is 12.9. The van der Waals surface area contributed by atoms with Gasteiger partial charge in [0.25, 0.3) is 0 Å². The van der Waals surface area contributed by atoms with Crippen molar-refractivity contribution in [3.05, 3.63) is 125 Å². The first-order valence-electron chi connectivity index (χ1n) is 14.6. The Labute approximate surface area is 276 Å². The van der Waals surface area contributed by atoms with Crippen molar-refractivity contribution in [1.82, 2.24) is 4.90 Å². The molecule has 3 aromatic carbocycles. The van der Waals surface area contributed by atoms with Crippen LogP contribution in [0.4, 0.5) is 35.5 Å². The van der Waals surface area contributed by atoms with Crippen LogP contribution in [0.15, 0.2) is 96.6 Å². The van der Waals surface area contributed by atoms with E-state index in [4.69, 9.17) is 9.47 Å². The number of carboxylic acids is 1. The fraction of sp³-hybridized carbons (Fsp3) is 0.222. The third-order valence-electron chi connectivity index (χ3n) is 8.21. The highest BCUT2D eigenvalue weighted by Crippen LogP contribution is 2.47. The van der Waals surface area contributed by atoms with Gasteiger partial charge in [0.1, 0.15) is 11.6 Å². The minimum Gasteiger partial charge on any atom is -0.496 e. The maximum absolute atomic E-state index is 15.5. The van der Waals surface area contributed by atoms with Crippen LogP contribution in [0.2, 0.25) is 0 Å². The second-order valence-corrected chi connectivity index (χ2v) is 11.5. The monoisotopic (exact) mass is 687 g/mol. The van der Waals surface area contributed by atoms with E-state index in [1.54, 1.807) is 13.0 Å². The van der Waals surface area contributed by atoms with Gasteiger partial charge in [0.15, 0.2) is 6.10 Å². The van der Waals surface area contributed by atoms with Gasteiger partial charge in [-0.2, -0.15) is 26.3 Å². The average Bonchev–Trinajstić information content (AvgIpc) is 3.60. The van der Waals surface area contributed by atoms with Crippen molar-refractivity contribution < 1.29 is 54.9 Å². The molecule has 2 aliphatic heterocycles. The molecule has 49 heavy (non-hydrogen) atoms. The number of methoxy groups -OCH3 is 1. The molecule has 2 aliphatic rings. The molecule has 0 aromatic heterocycles. The number of amides is 1. The van der Waals surface area contributed by atoms with Crippen molar-refractivity contribution >= 4 is 12.1 Å². The lowest BCUT2D eigenvalue weighted by Crippen LogP contribution is -2.34. The summed E-state index contributed by atoms with van der Waals surface area (Å²) in [7, 11) is 1.26. The van der Waals surface area contributed by atoms with Crippen LogP contribution in [0.5, 0.6) is 5.75 Å². The number of alkyl halides is 6. The summed E-state index contributed by atoms with van der Waals surface area (Å²) in [6, 6.07) is 7.48. The number of allylic oxidation sites excluding steroid dienone is 3. The maximum atomic E-state index is 15.5. The lowest BCUT2D eigenvalue weighted by molar-refractivity contribution is -0.137. The second-order valence-electron chi connectivity index (χ2n) is 11.5. The fourth-order valence-corrected chi connectivity index (χ4v) is 5.98. The van der Waals surface area contributed by atoms with Crippen LogP contribution in [0, 0.1) is 12.7 Å². The van der Waals surface area contributed by atoms with E-state index >= 15 is 4.39 Å². The van der Waals surface area contributed by atoms with Crippen molar-refractivity contribution in [2.75, 3.05) is 7.11 Å². The van der Waals surface area contributed by atoms with Gasteiger partial charge in [-0.1, -0.05) is 48.6 Å². The normalized spacial score (nSPS) is 19.4. The molecule has 0 aliphatic carbocycles. The zero-order valence-electron chi connectivity index (χ0n) is 26.1. The molecule has 1 saturated heterocycles. The number of aryl methyl sites for hydroxylation is 1. The molecule has 3 aromatic rings. The van der Waals surface area contributed by atoms with Crippen LogP contribution in [0.3, 0.4) is 0 Å². The molecule has 3 unspecified atom stereocenters. The third-order valence-corrected chi connectivity index (χ3v) is 8.21. The number of carbonyl (C=O) groups excluding carboxylic acids is 1. The molecule has 1 N–H and O–H groups in total.